The lowest BCUT2D eigenvalue weighted by Crippen LogP contribution is -2.42. The molecule has 7 heteroatoms. The molecule has 0 bridgehead atoms. The molecule has 0 aliphatic carbocycles. The molecule has 1 fully saturated rings. The molecular weight excluding hydrogens is 230 g/mol. The zero-order chi connectivity index (χ0) is 11.4. The third kappa shape index (κ3) is 2.30. The number of anilines is 1. The Balaban J connectivity index is 2.00. The highest BCUT2D eigenvalue weighted by Gasteiger charge is 2.40. The summed E-state index contributed by atoms with van der Waals surface area (Å²) in [5.74, 6) is -0.771. The van der Waals surface area contributed by atoms with Gasteiger partial charge in [0.2, 0.25) is 5.13 Å². The van der Waals surface area contributed by atoms with Crippen LogP contribution in [0.2, 0.25) is 0 Å². The number of rotatable bonds is 4. The molecule has 2 N–H and O–H groups in total. The second-order valence-corrected chi connectivity index (χ2v) is 4.63. The predicted octanol–water partition coefficient (Wildman–Crippen LogP) is 0.831. The summed E-state index contributed by atoms with van der Waals surface area (Å²) >= 11 is 1.36. The zero-order valence-corrected chi connectivity index (χ0v) is 9.50. The van der Waals surface area contributed by atoms with Crippen molar-refractivity contribution in [3.63, 3.8) is 0 Å². The molecule has 0 saturated carbocycles. The number of carboxylic acids is 1. The first-order valence-electron chi connectivity index (χ1n) is 5.04. The van der Waals surface area contributed by atoms with Gasteiger partial charge in [0.1, 0.15) is 5.51 Å². The van der Waals surface area contributed by atoms with Crippen LogP contribution in [0, 0.1) is 5.41 Å². The van der Waals surface area contributed by atoms with Gasteiger partial charge in [-0.1, -0.05) is 11.3 Å². The van der Waals surface area contributed by atoms with Gasteiger partial charge in [-0.05, 0) is 12.8 Å². The van der Waals surface area contributed by atoms with Gasteiger partial charge in [-0.3, -0.25) is 4.79 Å². The van der Waals surface area contributed by atoms with E-state index in [1.807, 2.05) is 0 Å². The molecule has 88 valence electrons. The van der Waals surface area contributed by atoms with Gasteiger partial charge < -0.3 is 15.2 Å². The van der Waals surface area contributed by atoms with Crippen molar-refractivity contribution in [3.05, 3.63) is 5.51 Å². The Bertz CT molecular complexity index is 349. The Morgan fingerprint density at radius 2 is 2.38 bits per heavy atom. The van der Waals surface area contributed by atoms with Gasteiger partial charge in [0, 0.05) is 19.8 Å². The van der Waals surface area contributed by atoms with Gasteiger partial charge in [-0.2, -0.15) is 0 Å². The summed E-state index contributed by atoms with van der Waals surface area (Å²) in [5.41, 5.74) is 0.879. The number of nitrogens with one attached hydrogen (secondary N) is 1. The zero-order valence-electron chi connectivity index (χ0n) is 8.68. The first-order valence-corrected chi connectivity index (χ1v) is 5.92. The molecule has 0 atom stereocenters. The smallest absolute Gasteiger partial charge is 0.311 e. The van der Waals surface area contributed by atoms with E-state index in [1.54, 1.807) is 5.51 Å². The standard InChI is InChI=1S/C9H13N3O3S/c13-7(14)9(1-3-15-4-2-9)5-10-8-12-11-6-16-8/h6H,1-5H2,(H,10,12)(H,13,14). The fourth-order valence-corrected chi connectivity index (χ4v) is 2.17. The van der Waals surface area contributed by atoms with Crippen LogP contribution in [0.25, 0.3) is 0 Å². The minimum atomic E-state index is -0.771. The van der Waals surface area contributed by atoms with Crippen molar-refractivity contribution in [2.75, 3.05) is 25.1 Å². The highest BCUT2D eigenvalue weighted by Crippen LogP contribution is 2.31. The minimum Gasteiger partial charge on any atom is -0.481 e. The molecule has 1 aliphatic rings. The molecule has 0 amide bonds. The van der Waals surface area contributed by atoms with E-state index in [-0.39, 0.29) is 0 Å². The Morgan fingerprint density at radius 1 is 1.62 bits per heavy atom. The molecule has 0 aromatic carbocycles. The number of ether oxygens (including phenoxy) is 1. The van der Waals surface area contributed by atoms with E-state index in [9.17, 15) is 9.90 Å². The monoisotopic (exact) mass is 243 g/mol. The number of hydrogen-bond donors (Lipinski definition) is 2. The number of hydrogen-bond acceptors (Lipinski definition) is 6. The number of carbonyl (C=O) groups is 1. The summed E-state index contributed by atoms with van der Waals surface area (Å²) in [6, 6.07) is 0. The summed E-state index contributed by atoms with van der Waals surface area (Å²) in [7, 11) is 0. The molecule has 1 saturated heterocycles. The van der Waals surface area contributed by atoms with Crippen LogP contribution in [0.5, 0.6) is 0 Å². The summed E-state index contributed by atoms with van der Waals surface area (Å²) in [5, 5.41) is 20.5. The lowest BCUT2D eigenvalue weighted by Gasteiger charge is -2.32. The van der Waals surface area contributed by atoms with Gasteiger partial charge in [-0.25, -0.2) is 0 Å². The van der Waals surface area contributed by atoms with Gasteiger partial charge in [-0.15, -0.1) is 10.2 Å². The Kier molecular flexibility index (Phi) is 3.35. The van der Waals surface area contributed by atoms with E-state index in [0.717, 1.165) is 0 Å². The van der Waals surface area contributed by atoms with Crippen molar-refractivity contribution < 1.29 is 14.6 Å². The average molecular weight is 243 g/mol. The molecule has 2 rings (SSSR count). The van der Waals surface area contributed by atoms with Crippen molar-refractivity contribution in [2.45, 2.75) is 12.8 Å². The van der Waals surface area contributed by atoms with Crippen molar-refractivity contribution >= 4 is 22.4 Å². The average Bonchev–Trinajstić information content (AvgIpc) is 2.80. The van der Waals surface area contributed by atoms with Gasteiger partial charge in [0.05, 0.1) is 5.41 Å². The second kappa shape index (κ2) is 4.75. The Labute approximate surface area is 96.6 Å². The molecule has 1 aromatic heterocycles. The maximum absolute atomic E-state index is 11.3. The fraction of sp³-hybridized carbons (Fsp3) is 0.667. The van der Waals surface area contributed by atoms with Crippen molar-refractivity contribution in [2.24, 2.45) is 5.41 Å². The highest BCUT2D eigenvalue weighted by atomic mass is 32.1. The van der Waals surface area contributed by atoms with E-state index in [2.05, 4.69) is 15.5 Å². The van der Waals surface area contributed by atoms with Crippen molar-refractivity contribution in [3.8, 4) is 0 Å². The van der Waals surface area contributed by atoms with Crippen LogP contribution in [-0.2, 0) is 9.53 Å². The van der Waals surface area contributed by atoms with E-state index in [1.165, 1.54) is 11.3 Å². The molecule has 0 unspecified atom stereocenters. The van der Waals surface area contributed by atoms with E-state index in [0.29, 0.717) is 37.7 Å². The molecule has 1 aliphatic heterocycles. The SMILES string of the molecule is O=C(O)C1(CNc2nncs2)CCOCC1. The molecule has 0 radical (unpaired) electrons. The first kappa shape index (κ1) is 11.3. The highest BCUT2D eigenvalue weighted by molar-refractivity contribution is 7.13. The third-order valence-electron chi connectivity index (χ3n) is 2.84. The molecule has 0 spiro atoms. The molecule has 2 heterocycles. The fourth-order valence-electron chi connectivity index (χ4n) is 1.72. The predicted molar refractivity (Wildman–Crippen MR) is 58.5 cm³/mol. The number of nitrogens with zero attached hydrogens (tertiary/aromatic N) is 2. The second-order valence-electron chi connectivity index (χ2n) is 3.80. The van der Waals surface area contributed by atoms with Gasteiger partial charge >= 0.3 is 5.97 Å². The Hall–Kier alpha value is -1.21. The summed E-state index contributed by atoms with van der Waals surface area (Å²) < 4.78 is 5.20. The van der Waals surface area contributed by atoms with Crippen molar-refractivity contribution in [1.82, 2.24) is 10.2 Å². The topological polar surface area (TPSA) is 84.3 Å². The van der Waals surface area contributed by atoms with Gasteiger partial charge in [0.15, 0.2) is 0 Å². The van der Waals surface area contributed by atoms with Crippen LogP contribution in [0.1, 0.15) is 12.8 Å². The van der Waals surface area contributed by atoms with Gasteiger partial charge in [0.25, 0.3) is 0 Å². The largest absolute Gasteiger partial charge is 0.481 e. The lowest BCUT2D eigenvalue weighted by atomic mass is 9.80. The van der Waals surface area contributed by atoms with Crippen LogP contribution in [-0.4, -0.2) is 41.0 Å². The normalized spacial score (nSPS) is 19.2. The van der Waals surface area contributed by atoms with Crippen LogP contribution in [0.15, 0.2) is 5.51 Å². The number of aromatic nitrogens is 2. The van der Waals surface area contributed by atoms with Crippen LogP contribution in [0.3, 0.4) is 0 Å². The third-order valence-corrected chi connectivity index (χ3v) is 3.49. The van der Waals surface area contributed by atoms with Crippen LogP contribution in [0.4, 0.5) is 5.13 Å². The Morgan fingerprint density at radius 3 is 2.94 bits per heavy atom. The van der Waals surface area contributed by atoms with E-state index >= 15 is 0 Å². The lowest BCUT2D eigenvalue weighted by molar-refractivity contribution is -0.153. The first-order chi connectivity index (χ1) is 7.73. The van der Waals surface area contributed by atoms with Crippen LogP contribution >= 0.6 is 11.3 Å². The summed E-state index contributed by atoms with van der Waals surface area (Å²) in [4.78, 5) is 11.3. The maximum Gasteiger partial charge on any atom is 0.311 e. The molecule has 6 nitrogen and oxygen atoms in total. The quantitative estimate of drug-likeness (QED) is 0.815. The molecular formula is C9H13N3O3S. The number of aliphatic carboxylic acids is 1. The summed E-state index contributed by atoms with van der Waals surface area (Å²) in [6.45, 7) is 1.38. The maximum atomic E-state index is 11.3. The summed E-state index contributed by atoms with van der Waals surface area (Å²) in [6.07, 6.45) is 1.07. The van der Waals surface area contributed by atoms with E-state index < -0.39 is 11.4 Å². The molecule has 16 heavy (non-hydrogen) atoms. The van der Waals surface area contributed by atoms with Crippen LogP contribution < -0.4 is 5.32 Å². The molecule has 1 aromatic rings. The van der Waals surface area contributed by atoms with Crippen molar-refractivity contribution in [1.29, 1.82) is 0 Å². The van der Waals surface area contributed by atoms with E-state index in [4.69, 9.17) is 4.74 Å². The number of carboxylic acid groups (broad SMARTS) is 1. The minimum absolute atomic E-state index is 0.376.